The van der Waals surface area contributed by atoms with Gasteiger partial charge in [-0.25, -0.2) is 4.98 Å². The highest BCUT2D eigenvalue weighted by atomic mass is 16.3. The summed E-state index contributed by atoms with van der Waals surface area (Å²) in [6.07, 6.45) is 0. The number of hydrogen-bond acceptors (Lipinski definition) is 4. The normalized spacial score (nSPS) is 10.6. The number of rotatable bonds is 3. The van der Waals surface area contributed by atoms with E-state index in [-0.39, 0.29) is 17.5 Å². The molecule has 2 rings (SSSR count). The van der Waals surface area contributed by atoms with Gasteiger partial charge in [-0.2, -0.15) is 0 Å². The lowest BCUT2D eigenvalue weighted by Gasteiger charge is -2.04. The average molecular weight is 246 g/mol. The molecule has 94 valence electrons. The summed E-state index contributed by atoms with van der Waals surface area (Å²) in [7, 11) is 0. The summed E-state index contributed by atoms with van der Waals surface area (Å²) in [4.78, 5) is 15.9. The number of carbonyl (C=O) groups excluding carboxylic acids is 1. The van der Waals surface area contributed by atoms with Gasteiger partial charge in [-0.1, -0.05) is 26.0 Å². The van der Waals surface area contributed by atoms with Crippen LogP contribution in [-0.2, 0) is 0 Å². The standard InChI is InChI=1S/C12H14N4O2/c1-7(2)10-14-11(16-15-10)12(18)13-8-5-3-4-6-9(8)17/h3-7,17H,1-2H3,(H,13,18)(H,14,15,16). The quantitative estimate of drug-likeness (QED) is 0.721. The zero-order chi connectivity index (χ0) is 13.1. The van der Waals surface area contributed by atoms with Crippen molar-refractivity contribution in [3.63, 3.8) is 0 Å². The first-order chi connectivity index (χ1) is 8.58. The summed E-state index contributed by atoms with van der Waals surface area (Å²) >= 11 is 0. The molecule has 1 amide bonds. The third-order valence-electron chi connectivity index (χ3n) is 2.40. The van der Waals surface area contributed by atoms with Crippen LogP contribution in [0.5, 0.6) is 5.75 Å². The number of aromatic hydroxyl groups is 1. The first-order valence-corrected chi connectivity index (χ1v) is 5.59. The number of nitrogens with one attached hydrogen (secondary N) is 2. The van der Waals surface area contributed by atoms with Gasteiger partial charge in [-0.3, -0.25) is 9.89 Å². The van der Waals surface area contributed by atoms with Crippen molar-refractivity contribution in [1.29, 1.82) is 0 Å². The lowest BCUT2D eigenvalue weighted by molar-refractivity contribution is 0.101. The largest absolute Gasteiger partial charge is 0.506 e. The van der Waals surface area contributed by atoms with Crippen molar-refractivity contribution in [1.82, 2.24) is 15.2 Å². The van der Waals surface area contributed by atoms with Crippen LogP contribution in [0.15, 0.2) is 24.3 Å². The molecule has 0 unspecified atom stereocenters. The van der Waals surface area contributed by atoms with Gasteiger partial charge in [0, 0.05) is 5.92 Å². The van der Waals surface area contributed by atoms with E-state index >= 15 is 0 Å². The minimum absolute atomic E-state index is 0.00506. The van der Waals surface area contributed by atoms with Crippen molar-refractivity contribution in [2.75, 3.05) is 5.32 Å². The molecule has 0 saturated carbocycles. The summed E-state index contributed by atoms with van der Waals surface area (Å²) in [6.45, 7) is 3.90. The Hall–Kier alpha value is -2.37. The Labute approximate surface area is 104 Å². The van der Waals surface area contributed by atoms with Crippen LogP contribution >= 0.6 is 0 Å². The van der Waals surface area contributed by atoms with Crippen molar-refractivity contribution in [3.8, 4) is 5.75 Å². The summed E-state index contributed by atoms with van der Waals surface area (Å²) in [5, 5.41) is 18.6. The molecule has 1 heterocycles. The molecule has 0 fully saturated rings. The maximum atomic E-state index is 11.8. The molecule has 0 spiro atoms. The molecule has 6 heteroatoms. The highest BCUT2D eigenvalue weighted by Gasteiger charge is 2.15. The van der Waals surface area contributed by atoms with E-state index in [0.717, 1.165) is 0 Å². The number of anilines is 1. The Morgan fingerprint density at radius 1 is 1.39 bits per heavy atom. The number of aromatic amines is 1. The van der Waals surface area contributed by atoms with Crippen LogP contribution in [0.25, 0.3) is 0 Å². The zero-order valence-electron chi connectivity index (χ0n) is 10.1. The van der Waals surface area contributed by atoms with Crippen molar-refractivity contribution in [3.05, 3.63) is 35.9 Å². The van der Waals surface area contributed by atoms with E-state index in [1.807, 2.05) is 13.8 Å². The van der Waals surface area contributed by atoms with Gasteiger partial charge in [0.25, 0.3) is 5.91 Å². The summed E-state index contributed by atoms with van der Waals surface area (Å²) in [5.74, 6) is 0.425. The first-order valence-electron chi connectivity index (χ1n) is 5.59. The van der Waals surface area contributed by atoms with Crippen LogP contribution in [-0.4, -0.2) is 26.2 Å². The number of carbonyl (C=O) groups is 1. The topological polar surface area (TPSA) is 90.9 Å². The fourth-order valence-corrected chi connectivity index (χ4v) is 1.39. The Kier molecular flexibility index (Phi) is 3.27. The van der Waals surface area contributed by atoms with Gasteiger partial charge in [0.05, 0.1) is 5.69 Å². The number of aromatic nitrogens is 3. The van der Waals surface area contributed by atoms with Gasteiger partial charge in [-0.15, -0.1) is 5.10 Å². The van der Waals surface area contributed by atoms with Crippen molar-refractivity contribution in [2.45, 2.75) is 19.8 Å². The minimum atomic E-state index is -0.459. The lowest BCUT2D eigenvalue weighted by Crippen LogP contribution is -2.13. The Morgan fingerprint density at radius 3 is 2.72 bits per heavy atom. The molecule has 6 nitrogen and oxygen atoms in total. The van der Waals surface area contributed by atoms with E-state index in [1.54, 1.807) is 18.2 Å². The van der Waals surface area contributed by atoms with E-state index in [4.69, 9.17) is 0 Å². The molecule has 18 heavy (non-hydrogen) atoms. The summed E-state index contributed by atoms with van der Waals surface area (Å²) in [5.41, 5.74) is 0.332. The van der Waals surface area contributed by atoms with Crippen LogP contribution in [0.4, 0.5) is 5.69 Å². The second kappa shape index (κ2) is 4.87. The molecule has 3 N–H and O–H groups in total. The number of benzene rings is 1. The van der Waals surface area contributed by atoms with Crippen LogP contribution in [0.3, 0.4) is 0 Å². The molecule has 0 aliphatic carbocycles. The number of amides is 1. The number of nitrogens with zero attached hydrogens (tertiary/aromatic N) is 2. The van der Waals surface area contributed by atoms with Crippen molar-refractivity contribution in [2.24, 2.45) is 0 Å². The van der Waals surface area contributed by atoms with Crippen LogP contribution in [0.1, 0.15) is 36.2 Å². The van der Waals surface area contributed by atoms with Gasteiger partial charge in [0.15, 0.2) is 0 Å². The van der Waals surface area contributed by atoms with Gasteiger partial charge >= 0.3 is 0 Å². The summed E-state index contributed by atoms with van der Waals surface area (Å²) in [6, 6.07) is 6.48. The minimum Gasteiger partial charge on any atom is -0.506 e. The Balaban J connectivity index is 2.15. The molecule has 2 aromatic rings. The van der Waals surface area contributed by atoms with Gasteiger partial charge in [0.1, 0.15) is 11.6 Å². The molecule has 0 bridgehead atoms. The predicted octanol–water partition coefficient (Wildman–Crippen LogP) is 1.89. The second-order valence-electron chi connectivity index (χ2n) is 4.17. The second-order valence-corrected chi connectivity index (χ2v) is 4.17. The zero-order valence-corrected chi connectivity index (χ0v) is 10.1. The number of H-pyrrole nitrogens is 1. The van der Waals surface area contributed by atoms with Crippen molar-refractivity contribution < 1.29 is 9.90 Å². The molecule has 0 atom stereocenters. The predicted molar refractivity (Wildman–Crippen MR) is 66.5 cm³/mol. The Bertz CT molecular complexity index is 563. The van der Waals surface area contributed by atoms with Crippen LogP contribution in [0.2, 0.25) is 0 Å². The van der Waals surface area contributed by atoms with Gasteiger partial charge in [0.2, 0.25) is 5.82 Å². The number of phenolic OH excluding ortho intramolecular Hbond substituents is 1. The molecule has 0 saturated heterocycles. The molecule has 0 aliphatic heterocycles. The molecule has 1 aromatic carbocycles. The SMILES string of the molecule is CC(C)c1nc(C(=O)Nc2ccccc2O)n[nH]1. The molecule has 1 aromatic heterocycles. The number of para-hydroxylation sites is 2. The fraction of sp³-hybridized carbons (Fsp3) is 0.250. The Morgan fingerprint density at radius 2 is 2.11 bits per heavy atom. The third kappa shape index (κ3) is 2.48. The lowest BCUT2D eigenvalue weighted by atomic mass is 10.2. The van der Waals surface area contributed by atoms with Crippen LogP contribution < -0.4 is 5.32 Å². The fourth-order valence-electron chi connectivity index (χ4n) is 1.39. The molecule has 0 aliphatic rings. The first kappa shape index (κ1) is 12.1. The van der Waals surface area contributed by atoms with Crippen LogP contribution in [0, 0.1) is 0 Å². The molecule has 0 radical (unpaired) electrons. The maximum absolute atomic E-state index is 11.8. The van der Waals surface area contributed by atoms with E-state index in [9.17, 15) is 9.90 Å². The third-order valence-corrected chi connectivity index (χ3v) is 2.40. The number of phenols is 1. The monoisotopic (exact) mass is 246 g/mol. The molecular weight excluding hydrogens is 232 g/mol. The van der Waals surface area contributed by atoms with Gasteiger partial charge < -0.3 is 10.4 Å². The number of hydrogen-bond donors (Lipinski definition) is 3. The smallest absolute Gasteiger partial charge is 0.295 e. The van der Waals surface area contributed by atoms with E-state index < -0.39 is 5.91 Å². The highest BCUT2D eigenvalue weighted by Crippen LogP contribution is 2.21. The maximum Gasteiger partial charge on any atom is 0.295 e. The average Bonchev–Trinajstić information content (AvgIpc) is 2.81. The van der Waals surface area contributed by atoms with Gasteiger partial charge in [-0.05, 0) is 12.1 Å². The molecular formula is C12H14N4O2. The highest BCUT2D eigenvalue weighted by molar-refractivity contribution is 6.02. The van der Waals surface area contributed by atoms with Crippen molar-refractivity contribution >= 4 is 11.6 Å². The van der Waals surface area contributed by atoms with E-state index in [2.05, 4.69) is 20.5 Å². The van der Waals surface area contributed by atoms with E-state index in [1.165, 1.54) is 6.07 Å². The summed E-state index contributed by atoms with van der Waals surface area (Å²) < 4.78 is 0. The van der Waals surface area contributed by atoms with E-state index in [0.29, 0.717) is 11.5 Å².